The Morgan fingerprint density at radius 3 is 2.77 bits per heavy atom. The number of carbonyl (C=O) groups excluding carboxylic acids is 1. The van der Waals surface area contributed by atoms with Crippen LogP contribution in [0, 0.1) is 0 Å². The van der Waals surface area contributed by atoms with Gasteiger partial charge in [0, 0.05) is 24.0 Å². The molecule has 1 aromatic carbocycles. The molecule has 0 aliphatic carbocycles. The summed E-state index contributed by atoms with van der Waals surface area (Å²) in [4.78, 5) is 24.3. The van der Waals surface area contributed by atoms with Gasteiger partial charge in [-0.1, -0.05) is 18.2 Å². The Kier molecular flexibility index (Phi) is 5.23. The first-order valence-electron chi connectivity index (χ1n) is 7.62. The smallest absolute Gasteiger partial charge is 0.341 e. The van der Waals surface area contributed by atoms with Crippen molar-refractivity contribution in [1.29, 1.82) is 0 Å². The van der Waals surface area contributed by atoms with Gasteiger partial charge in [-0.3, -0.25) is 4.57 Å². The van der Waals surface area contributed by atoms with Crippen LogP contribution < -0.4 is 4.74 Å². The minimum atomic E-state index is -0.537. The minimum Gasteiger partial charge on any atom is -0.503 e. The van der Waals surface area contributed by atoms with Crippen molar-refractivity contribution in [1.82, 2.24) is 19.5 Å². The fourth-order valence-electron chi connectivity index (χ4n) is 2.26. The number of rotatable bonds is 6. The molecule has 2 heterocycles. The quantitative estimate of drug-likeness (QED) is 0.383. The summed E-state index contributed by atoms with van der Waals surface area (Å²) in [5.74, 6) is 0.810. The van der Waals surface area contributed by atoms with Crippen molar-refractivity contribution in [3.63, 3.8) is 0 Å². The maximum Gasteiger partial charge on any atom is 0.341 e. The second kappa shape index (κ2) is 7.93. The summed E-state index contributed by atoms with van der Waals surface area (Å²) < 4.78 is 17.4. The number of carbonyl (C=O) groups is 1. The molecule has 0 amide bonds. The summed E-state index contributed by atoms with van der Waals surface area (Å²) in [6, 6.07) is 8.69. The van der Waals surface area contributed by atoms with Crippen LogP contribution >= 0.6 is 0 Å². The molecule has 0 atom stereocenters. The number of benzene rings is 1. The van der Waals surface area contributed by atoms with Crippen molar-refractivity contribution in [2.45, 2.75) is 0 Å². The van der Waals surface area contributed by atoms with Gasteiger partial charge in [0.25, 0.3) is 0 Å². The van der Waals surface area contributed by atoms with E-state index in [1.54, 1.807) is 53.6 Å². The van der Waals surface area contributed by atoms with Gasteiger partial charge in [-0.05, 0) is 6.07 Å². The first-order valence-corrected chi connectivity index (χ1v) is 7.62. The normalized spacial score (nSPS) is 11.1. The Labute approximate surface area is 149 Å². The molecule has 8 nitrogen and oxygen atoms in total. The van der Waals surface area contributed by atoms with Crippen LogP contribution in [0.2, 0.25) is 0 Å². The Morgan fingerprint density at radius 1 is 1.19 bits per heavy atom. The lowest BCUT2D eigenvalue weighted by Gasteiger charge is -2.12. The number of esters is 1. The number of hydrogen-bond acceptors (Lipinski definition) is 7. The number of aromatic nitrogens is 4. The van der Waals surface area contributed by atoms with E-state index >= 15 is 0 Å². The van der Waals surface area contributed by atoms with E-state index in [4.69, 9.17) is 14.2 Å². The summed E-state index contributed by atoms with van der Waals surface area (Å²) in [6.07, 6.45) is 7.73. The highest BCUT2D eigenvalue weighted by molar-refractivity contribution is 6.17. The van der Waals surface area contributed by atoms with Gasteiger partial charge < -0.3 is 14.2 Å². The summed E-state index contributed by atoms with van der Waals surface area (Å²) in [6.45, 7) is 0. The van der Waals surface area contributed by atoms with Gasteiger partial charge in [0.2, 0.25) is 5.88 Å². The third kappa shape index (κ3) is 3.69. The molecule has 3 rings (SSSR count). The van der Waals surface area contributed by atoms with Gasteiger partial charge in [0.1, 0.15) is 29.8 Å². The Balaban J connectivity index is 1.95. The van der Waals surface area contributed by atoms with E-state index in [0.29, 0.717) is 23.0 Å². The highest BCUT2D eigenvalue weighted by atomic mass is 16.5. The minimum absolute atomic E-state index is 0.231. The molecule has 0 N–H and O–H groups in total. The van der Waals surface area contributed by atoms with Crippen LogP contribution in [0.25, 0.3) is 11.4 Å². The van der Waals surface area contributed by atoms with E-state index < -0.39 is 5.97 Å². The van der Waals surface area contributed by atoms with Crippen molar-refractivity contribution >= 4 is 11.5 Å². The van der Waals surface area contributed by atoms with Crippen LogP contribution in [-0.4, -0.2) is 39.7 Å². The molecule has 0 bridgehead atoms. The van der Waals surface area contributed by atoms with Gasteiger partial charge >= 0.3 is 5.97 Å². The Hall–Kier alpha value is -3.68. The predicted molar refractivity (Wildman–Crippen MR) is 92.7 cm³/mol. The zero-order chi connectivity index (χ0) is 18.4. The van der Waals surface area contributed by atoms with Crippen molar-refractivity contribution in [2.75, 3.05) is 14.2 Å². The van der Waals surface area contributed by atoms with Gasteiger partial charge in [0.05, 0.1) is 20.5 Å². The molecule has 0 saturated heterocycles. The van der Waals surface area contributed by atoms with E-state index in [9.17, 15) is 4.79 Å². The monoisotopic (exact) mass is 352 g/mol. The number of hydrogen-bond donors (Lipinski definition) is 0. The maximum atomic E-state index is 12.1. The lowest BCUT2D eigenvalue weighted by Crippen LogP contribution is -2.06. The second-order valence-corrected chi connectivity index (χ2v) is 5.04. The van der Waals surface area contributed by atoms with E-state index in [2.05, 4.69) is 15.0 Å². The topological polar surface area (TPSA) is 88.4 Å². The molecule has 0 saturated carbocycles. The SMILES string of the molecule is CO/C=C(/C(=O)OC)c1ccccc1Oc1cc(-n2ccnc2)ncn1. The highest BCUT2D eigenvalue weighted by Crippen LogP contribution is 2.30. The fourth-order valence-corrected chi connectivity index (χ4v) is 2.26. The summed E-state index contributed by atoms with van der Waals surface area (Å²) >= 11 is 0. The molecule has 3 aromatic rings. The van der Waals surface area contributed by atoms with Crippen LogP contribution in [0.1, 0.15) is 5.56 Å². The fraction of sp³-hybridized carbons (Fsp3) is 0.111. The third-order valence-corrected chi connectivity index (χ3v) is 3.43. The van der Waals surface area contributed by atoms with Crippen LogP contribution in [0.5, 0.6) is 11.6 Å². The van der Waals surface area contributed by atoms with Gasteiger partial charge in [-0.2, -0.15) is 0 Å². The van der Waals surface area contributed by atoms with Crippen molar-refractivity contribution in [3.05, 3.63) is 67.2 Å². The number of imidazole rings is 1. The van der Waals surface area contributed by atoms with Crippen molar-refractivity contribution in [3.8, 4) is 17.4 Å². The summed E-state index contributed by atoms with van der Waals surface area (Å²) in [5, 5.41) is 0. The highest BCUT2D eigenvalue weighted by Gasteiger charge is 2.18. The zero-order valence-electron chi connectivity index (χ0n) is 14.2. The molecule has 0 aliphatic rings. The van der Waals surface area contributed by atoms with Crippen LogP contribution in [-0.2, 0) is 14.3 Å². The second-order valence-electron chi connectivity index (χ2n) is 5.04. The zero-order valence-corrected chi connectivity index (χ0v) is 14.2. The van der Waals surface area contributed by atoms with Crippen LogP contribution in [0.15, 0.2) is 61.6 Å². The van der Waals surface area contributed by atoms with E-state index in [-0.39, 0.29) is 5.57 Å². The van der Waals surface area contributed by atoms with E-state index in [1.807, 2.05) is 0 Å². The lowest BCUT2D eigenvalue weighted by molar-refractivity contribution is -0.133. The average Bonchev–Trinajstić information content (AvgIpc) is 3.21. The maximum absolute atomic E-state index is 12.1. The number of para-hydroxylation sites is 1. The Bertz CT molecular complexity index is 922. The summed E-state index contributed by atoms with van der Waals surface area (Å²) in [5.41, 5.74) is 0.749. The molecule has 0 radical (unpaired) electrons. The Morgan fingerprint density at radius 2 is 2.04 bits per heavy atom. The van der Waals surface area contributed by atoms with Crippen LogP contribution in [0.3, 0.4) is 0 Å². The molecule has 0 unspecified atom stereocenters. The standard InChI is InChI=1S/C18H16N4O4/c1-24-10-14(18(23)25-2)13-5-3-4-6-15(13)26-17-9-16(20-11-21-17)22-8-7-19-12-22/h3-12H,1-2H3/b14-10+. The molecule has 26 heavy (non-hydrogen) atoms. The number of methoxy groups -OCH3 is 2. The van der Waals surface area contributed by atoms with Crippen molar-refractivity contribution < 1.29 is 19.0 Å². The largest absolute Gasteiger partial charge is 0.503 e. The van der Waals surface area contributed by atoms with E-state index in [0.717, 1.165) is 0 Å². The third-order valence-electron chi connectivity index (χ3n) is 3.43. The first kappa shape index (κ1) is 17.2. The number of nitrogens with zero attached hydrogens (tertiary/aromatic N) is 4. The average molecular weight is 352 g/mol. The number of ether oxygens (including phenoxy) is 3. The van der Waals surface area contributed by atoms with Crippen LogP contribution in [0.4, 0.5) is 0 Å². The molecular formula is C18H16N4O4. The van der Waals surface area contributed by atoms with Gasteiger partial charge in [-0.15, -0.1) is 0 Å². The molecule has 0 spiro atoms. The molecular weight excluding hydrogens is 336 g/mol. The molecule has 0 aliphatic heterocycles. The molecule has 132 valence electrons. The molecule has 8 heteroatoms. The lowest BCUT2D eigenvalue weighted by atomic mass is 10.1. The first-order chi connectivity index (χ1) is 12.7. The van der Waals surface area contributed by atoms with Gasteiger partial charge in [0.15, 0.2) is 0 Å². The van der Waals surface area contributed by atoms with Crippen molar-refractivity contribution in [2.24, 2.45) is 0 Å². The van der Waals surface area contributed by atoms with Gasteiger partial charge in [-0.25, -0.2) is 19.7 Å². The summed E-state index contributed by atoms with van der Waals surface area (Å²) in [7, 11) is 2.76. The van der Waals surface area contributed by atoms with E-state index in [1.165, 1.54) is 26.8 Å². The molecule has 2 aromatic heterocycles. The predicted octanol–water partition coefficient (Wildman–Crippen LogP) is 2.61. The molecule has 0 fully saturated rings.